The van der Waals surface area contributed by atoms with Gasteiger partial charge in [-0.15, -0.1) is 0 Å². The summed E-state index contributed by atoms with van der Waals surface area (Å²) in [6, 6.07) is 62.1. The molecule has 0 atom stereocenters. The number of benzene rings is 8. The van der Waals surface area contributed by atoms with Crippen LogP contribution in [-0.4, -0.2) is 13.7 Å². The highest BCUT2D eigenvalue weighted by atomic mass is 16.3. The van der Waals surface area contributed by atoms with Crippen molar-refractivity contribution in [3.63, 3.8) is 0 Å². The summed E-state index contributed by atoms with van der Waals surface area (Å²) in [7, 11) is 0. The number of hydrogen-bond acceptors (Lipinski definition) is 2. The molecule has 0 aliphatic rings. The van der Waals surface area contributed by atoms with Crippen molar-refractivity contribution in [2.75, 3.05) is 0 Å². The highest BCUT2D eigenvalue weighted by Crippen LogP contribution is 2.49. The SMILES string of the molecule is N#Cc1c(-n2c3ccccc3c3ccccc32)c(-n2c3ccccc3c3ccccc32)c2oc3ccccc3c2c1-n1c2ccccc2c2ccccc21. The molecule has 0 aliphatic carbocycles. The molecule has 0 fully saturated rings. The third kappa shape index (κ3) is 3.66. The lowest BCUT2D eigenvalue weighted by atomic mass is 10.0. The number of hydrogen-bond donors (Lipinski definition) is 0. The van der Waals surface area contributed by atoms with E-state index in [1.807, 2.05) is 12.1 Å². The van der Waals surface area contributed by atoms with E-state index in [0.29, 0.717) is 5.56 Å². The van der Waals surface area contributed by atoms with Crippen molar-refractivity contribution in [3.8, 4) is 23.1 Å². The zero-order chi connectivity index (χ0) is 35.5. The predicted octanol–water partition coefficient (Wildman–Crippen LogP) is 12.7. The first-order chi connectivity index (χ1) is 26.8. The minimum atomic E-state index is 0.559. The van der Waals surface area contributed by atoms with Crippen LogP contribution in [0, 0.1) is 11.3 Å². The summed E-state index contributed by atoms with van der Waals surface area (Å²) in [5.41, 5.74) is 10.6. The summed E-state index contributed by atoms with van der Waals surface area (Å²) in [6.45, 7) is 0. The van der Waals surface area contributed by atoms with Crippen molar-refractivity contribution < 1.29 is 4.42 Å². The zero-order valence-corrected chi connectivity index (χ0v) is 28.9. The van der Waals surface area contributed by atoms with Gasteiger partial charge in [-0.25, -0.2) is 0 Å². The van der Waals surface area contributed by atoms with Crippen LogP contribution in [-0.2, 0) is 0 Å². The van der Waals surface area contributed by atoms with E-state index in [4.69, 9.17) is 4.42 Å². The summed E-state index contributed by atoms with van der Waals surface area (Å²) >= 11 is 0. The Morgan fingerprint density at radius 3 is 1.06 bits per heavy atom. The number of nitrogens with zero attached hydrogens (tertiary/aromatic N) is 4. The van der Waals surface area contributed by atoms with Crippen molar-refractivity contribution in [3.05, 3.63) is 175 Å². The lowest BCUT2D eigenvalue weighted by Crippen LogP contribution is -2.10. The summed E-state index contributed by atoms with van der Waals surface area (Å²) in [5.74, 6) is 0. The van der Waals surface area contributed by atoms with E-state index in [0.717, 1.165) is 104 Å². The normalized spacial score (nSPS) is 12.1. The standard InChI is InChI=1S/C49H28N4O/c50-29-37-46(51-38-22-8-1-15-30(38)31-16-2-9-23-39(31)51)45-36-21-7-14-28-44(36)54-49(45)48(53-42-26-12-5-19-34(42)35-20-6-13-27-43(35)53)47(37)52-40-24-10-3-17-32(40)33-18-4-11-25-41(33)52/h1-28H. The Balaban J connectivity index is 1.43. The number of fused-ring (bicyclic) bond motifs is 12. The lowest BCUT2D eigenvalue weighted by molar-refractivity contribution is 0.666. The second kappa shape index (κ2) is 10.7. The van der Waals surface area contributed by atoms with Crippen LogP contribution in [0.2, 0.25) is 0 Å². The van der Waals surface area contributed by atoms with Gasteiger partial charge in [0.1, 0.15) is 22.9 Å². The van der Waals surface area contributed by atoms with Gasteiger partial charge in [0, 0.05) is 37.7 Å². The predicted molar refractivity (Wildman–Crippen MR) is 221 cm³/mol. The van der Waals surface area contributed by atoms with Crippen LogP contribution in [0.4, 0.5) is 0 Å². The molecular weight excluding hydrogens is 661 g/mol. The topological polar surface area (TPSA) is 51.7 Å². The average molecular weight is 689 g/mol. The number of para-hydroxylation sites is 7. The molecule has 8 aromatic carbocycles. The van der Waals surface area contributed by atoms with Crippen molar-refractivity contribution >= 4 is 87.4 Å². The van der Waals surface area contributed by atoms with Crippen LogP contribution in [0.15, 0.2) is 174 Å². The minimum Gasteiger partial charge on any atom is -0.454 e. The van der Waals surface area contributed by atoms with Crippen LogP contribution in [0.3, 0.4) is 0 Å². The van der Waals surface area contributed by atoms with E-state index in [9.17, 15) is 5.26 Å². The van der Waals surface area contributed by atoms with Gasteiger partial charge in [0.05, 0.1) is 49.9 Å². The monoisotopic (exact) mass is 688 g/mol. The van der Waals surface area contributed by atoms with Crippen LogP contribution in [0.1, 0.15) is 5.56 Å². The number of aromatic nitrogens is 3. The molecule has 4 heterocycles. The Morgan fingerprint density at radius 1 is 0.352 bits per heavy atom. The molecule has 0 N–H and O–H groups in total. The van der Waals surface area contributed by atoms with Crippen LogP contribution in [0.5, 0.6) is 0 Å². The highest BCUT2D eigenvalue weighted by Gasteiger charge is 2.32. The van der Waals surface area contributed by atoms with Gasteiger partial charge in [0.15, 0.2) is 5.58 Å². The molecule has 5 nitrogen and oxygen atoms in total. The molecular formula is C49H28N4O. The zero-order valence-electron chi connectivity index (χ0n) is 28.9. The number of rotatable bonds is 3. The molecule has 0 saturated carbocycles. The van der Waals surface area contributed by atoms with E-state index in [-0.39, 0.29) is 0 Å². The largest absolute Gasteiger partial charge is 0.454 e. The Morgan fingerprint density at radius 2 is 0.667 bits per heavy atom. The van der Waals surface area contributed by atoms with E-state index >= 15 is 0 Å². The van der Waals surface area contributed by atoms with Crippen molar-refractivity contribution in [1.82, 2.24) is 13.7 Å². The van der Waals surface area contributed by atoms with Crippen LogP contribution < -0.4 is 0 Å². The lowest BCUT2D eigenvalue weighted by Gasteiger charge is -2.22. The van der Waals surface area contributed by atoms with Gasteiger partial charge in [-0.1, -0.05) is 127 Å². The molecule has 0 spiro atoms. The quantitative estimate of drug-likeness (QED) is 0.185. The van der Waals surface area contributed by atoms with Gasteiger partial charge < -0.3 is 18.1 Å². The third-order valence-corrected chi connectivity index (χ3v) is 11.3. The molecule has 12 rings (SSSR count). The third-order valence-electron chi connectivity index (χ3n) is 11.3. The molecule has 12 aromatic rings. The first-order valence-electron chi connectivity index (χ1n) is 18.2. The summed E-state index contributed by atoms with van der Waals surface area (Å²) in [6.07, 6.45) is 0. The van der Waals surface area contributed by atoms with Gasteiger partial charge in [-0.2, -0.15) is 5.26 Å². The van der Waals surface area contributed by atoms with Crippen molar-refractivity contribution in [2.45, 2.75) is 0 Å². The molecule has 0 radical (unpaired) electrons. The Bertz CT molecular complexity index is 3420. The molecule has 4 aromatic heterocycles. The Hall–Kier alpha value is -7.55. The maximum atomic E-state index is 11.9. The molecule has 0 bridgehead atoms. The first kappa shape index (κ1) is 29.1. The first-order valence-corrected chi connectivity index (χ1v) is 18.2. The van der Waals surface area contributed by atoms with Gasteiger partial charge in [0.2, 0.25) is 0 Å². The second-order valence-electron chi connectivity index (χ2n) is 13.9. The second-order valence-corrected chi connectivity index (χ2v) is 13.9. The maximum Gasteiger partial charge on any atom is 0.163 e. The van der Waals surface area contributed by atoms with E-state index in [2.05, 4.69) is 177 Å². The van der Waals surface area contributed by atoms with Gasteiger partial charge >= 0.3 is 0 Å². The molecule has 0 amide bonds. The highest BCUT2D eigenvalue weighted by molar-refractivity contribution is 6.21. The number of nitriles is 1. The molecule has 0 unspecified atom stereocenters. The van der Waals surface area contributed by atoms with E-state index in [1.54, 1.807) is 0 Å². The van der Waals surface area contributed by atoms with Gasteiger partial charge in [0.25, 0.3) is 0 Å². The fourth-order valence-electron chi connectivity index (χ4n) is 9.16. The fraction of sp³-hybridized carbons (Fsp3) is 0. The van der Waals surface area contributed by atoms with Crippen molar-refractivity contribution in [1.29, 1.82) is 5.26 Å². The fourth-order valence-corrected chi connectivity index (χ4v) is 9.16. The minimum absolute atomic E-state index is 0.559. The smallest absolute Gasteiger partial charge is 0.163 e. The molecule has 0 aliphatic heterocycles. The summed E-state index contributed by atoms with van der Waals surface area (Å²) in [4.78, 5) is 0. The van der Waals surface area contributed by atoms with Crippen LogP contribution in [0.25, 0.3) is 104 Å². The maximum absolute atomic E-state index is 11.9. The van der Waals surface area contributed by atoms with E-state index < -0.39 is 0 Å². The number of furan rings is 1. The van der Waals surface area contributed by atoms with E-state index in [1.165, 1.54) is 0 Å². The molecule has 0 saturated heterocycles. The molecule has 5 heteroatoms. The summed E-state index contributed by atoms with van der Waals surface area (Å²) in [5, 5.41) is 20.5. The Kier molecular flexibility index (Phi) is 5.78. The van der Waals surface area contributed by atoms with Gasteiger partial charge in [-0.05, 0) is 42.5 Å². The Labute approximate surface area is 308 Å². The molecule has 250 valence electrons. The molecule has 54 heavy (non-hydrogen) atoms. The average Bonchev–Trinajstić information content (AvgIpc) is 3.97. The van der Waals surface area contributed by atoms with Crippen molar-refractivity contribution in [2.24, 2.45) is 0 Å². The van der Waals surface area contributed by atoms with Crippen LogP contribution >= 0.6 is 0 Å². The summed E-state index contributed by atoms with van der Waals surface area (Å²) < 4.78 is 14.1. The van der Waals surface area contributed by atoms with Gasteiger partial charge in [-0.3, -0.25) is 0 Å².